The summed E-state index contributed by atoms with van der Waals surface area (Å²) in [6, 6.07) is 9.03. The van der Waals surface area contributed by atoms with Gasteiger partial charge in [-0.2, -0.15) is 0 Å². The van der Waals surface area contributed by atoms with Crippen molar-refractivity contribution in [3.63, 3.8) is 0 Å². The fraction of sp³-hybridized carbons (Fsp3) is 0.778. The van der Waals surface area contributed by atoms with Gasteiger partial charge in [-0.1, -0.05) is 72.6 Å². The third kappa shape index (κ3) is 4.88. The molecule has 222 valence electrons. The zero-order chi connectivity index (χ0) is 28.9. The summed E-state index contributed by atoms with van der Waals surface area (Å²) in [4.78, 5) is 26.7. The topological polar surface area (TPSA) is 63.6 Å². The van der Waals surface area contributed by atoms with E-state index in [0.29, 0.717) is 41.6 Å². The maximum Gasteiger partial charge on any atom is 0.338 e. The molecule has 4 fully saturated rings. The molecular formula is C36H54O4. The third-order valence-electron chi connectivity index (χ3n) is 13.1. The number of fused-ring (bicyclic) bond motifs is 5. The number of hydrogen-bond donors (Lipinski definition) is 1. The lowest BCUT2D eigenvalue weighted by molar-refractivity contribution is -0.213. The number of ether oxygens (including phenoxy) is 1. The molecular weight excluding hydrogens is 496 g/mol. The Kier molecular flexibility index (Phi) is 8.34. The number of ketones is 1. The molecule has 0 bridgehead atoms. The van der Waals surface area contributed by atoms with Crippen molar-refractivity contribution in [1.29, 1.82) is 0 Å². The number of Topliss-reactive ketones (excluding diaryl/α,β-unsaturated/α-hetero) is 1. The number of esters is 1. The van der Waals surface area contributed by atoms with Crippen LogP contribution in [0.2, 0.25) is 0 Å². The summed E-state index contributed by atoms with van der Waals surface area (Å²) in [5, 5.41) is 12.1. The lowest BCUT2D eigenvalue weighted by Crippen LogP contribution is -2.67. The Morgan fingerprint density at radius 2 is 1.73 bits per heavy atom. The van der Waals surface area contributed by atoms with E-state index in [9.17, 15) is 14.7 Å². The average molecular weight is 551 g/mol. The Hall–Kier alpha value is -1.68. The fourth-order valence-electron chi connectivity index (χ4n) is 10.6. The standard InChI is InChI=1S/C36H54O4/c1-7-25(23(2)3)14-13-24(4)29-15-16-30-28-21-32(37)36(39)22-27(40-33(38)26-11-9-8-10-12-26)17-20-35(36,6)31(28)18-19-34(29,30)5/h8-12,23-25,27-31,39H,7,13-22H2,1-6H3/t24-,25-,27+,28+,29-,30+,31+,34-,35-,36+/m1/s1. The zero-order valence-electron chi connectivity index (χ0n) is 26.0. The Morgan fingerprint density at radius 3 is 2.40 bits per heavy atom. The van der Waals surface area contributed by atoms with Crippen LogP contribution in [0.5, 0.6) is 0 Å². The van der Waals surface area contributed by atoms with Gasteiger partial charge in [0.15, 0.2) is 5.78 Å². The molecule has 0 saturated heterocycles. The quantitative estimate of drug-likeness (QED) is 0.331. The van der Waals surface area contributed by atoms with Crippen molar-refractivity contribution in [2.24, 2.45) is 52.3 Å². The molecule has 0 amide bonds. The lowest BCUT2D eigenvalue weighted by Gasteiger charge is -2.63. The number of benzene rings is 1. The van der Waals surface area contributed by atoms with Gasteiger partial charge in [0, 0.05) is 18.3 Å². The Morgan fingerprint density at radius 1 is 1.00 bits per heavy atom. The molecule has 4 saturated carbocycles. The summed E-state index contributed by atoms with van der Waals surface area (Å²) in [6.07, 6.45) is 10.5. The highest BCUT2D eigenvalue weighted by molar-refractivity contribution is 5.91. The number of carbonyl (C=O) groups excluding carboxylic acids is 2. The minimum absolute atomic E-state index is 0.000166. The van der Waals surface area contributed by atoms with E-state index in [1.54, 1.807) is 12.1 Å². The average Bonchev–Trinajstić information content (AvgIpc) is 3.28. The summed E-state index contributed by atoms with van der Waals surface area (Å²) in [6.45, 7) is 14.3. The van der Waals surface area contributed by atoms with E-state index in [1.807, 2.05) is 18.2 Å². The molecule has 0 aliphatic heterocycles. The Bertz CT molecular complexity index is 1070. The Balaban J connectivity index is 1.29. The minimum Gasteiger partial charge on any atom is -0.459 e. The molecule has 1 N–H and O–H groups in total. The van der Waals surface area contributed by atoms with Crippen molar-refractivity contribution >= 4 is 11.8 Å². The van der Waals surface area contributed by atoms with Gasteiger partial charge in [-0.05, 0) is 104 Å². The normalized spacial score (nSPS) is 40.6. The van der Waals surface area contributed by atoms with Crippen LogP contribution in [0.1, 0.15) is 123 Å². The van der Waals surface area contributed by atoms with Gasteiger partial charge in [-0.25, -0.2) is 4.79 Å². The molecule has 5 rings (SSSR count). The fourth-order valence-corrected chi connectivity index (χ4v) is 10.6. The van der Waals surface area contributed by atoms with Crippen molar-refractivity contribution in [2.75, 3.05) is 0 Å². The molecule has 4 aliphatic rings. The third-order valence-corrected chi connectivity index (χ3v) is 13.1. The number of carbonyl (C=O) groups is 2. The predicted octanol–water partition coefficient (Wildman–Crippen LogP) is 8.26. The van der Waals surface area contributed by atoms with Crippen LogP contribution < -0.4 is 0 Å². The second-order valence-corrected chi connectivity index (χ2v) is 15.1. The van der Waals surface area contributed by atoms with Crippen LogP contribution in [-0.4, -0.2) is 28.6 Å². The van der Waals surface area contributed by atoms with E-state index in [0.717, 1.165) is 36.5 Å². The van der Waals surface area contributed by atoms with Gasteiger partial charge in [0.25, 0.3) is 0 Å². The molecule has 0 unspecified atom stereocenters. The smallest absolute Gasteiger partial charge is 0.338 e. The molecule has 0 aromatic heterocycles. The summed E-state index contributed by atoms with van der Waals surface area (Å²) in [7, 11) is 0. The Labute approximate surface area is 243 Å². The second-order valence-electron chi connectivity index (χ2n) is 15.1. The van der Waals surface area contributed by atoms with Crippen LogP contribution in [0.25, 0.3) is 0 Å². The van der Waals surface area contributed by atoms with Gasteiger partial charge in [0.05, 0.1) is 5.56 Å². The van der Waals surface area contributed by atoms with Gasteiger partial charge in [0.1, 0.15) is 11.7 Å². The predicted molar refractivity (Wildman–Crippen MR) is 160 cm³/mol. The highest BCUT2D eigenvalue weighted by Crippen LogP contribution is 2.68. The SMILES string of the molecule is CC[C@H](CC[C@@H](C)[C@H]1CC[C@H]2[C@@H]3CC(=O)[C@@]4(O)C[C@@H](OC(=O)c5ccccc5)CC[C@]4(C)[C@H]3CC[C@]12C)C(C)C. The minimum atomic E-state index is -1.40. The van der Waals surface area contributed by atoms with Crippen LogP contribution in [-0.2, 0) is 9.53 Å². The van der Waals surface area contributed by atoms with Crippen LogP contribution in [0.3, 0.4) is 0 Å². The molecule has 1 aromatic rings. The summed E-state index contributed by atoms with van der Waals surface area (Å²) < 4.78 is 5.86. The van der Waals surface area contributed by atoms with Gasteiger partial charge in [-0.3, -0.25) is 4.79 Å². The maximum absolute atomic E-state index is 13.9. The van der Waals surface area contributed by atoms with Crippen molar-refractivity contribution in [2.45, 2.75) is 124 Å². The van der Waals surface area contributed by atoms with Crippen LogP contribution in [0.4, 0.5) is 0 Å². The highest BCUT2D eigenvalue weighted by Gasteiger charge is 2.68. The molecule has 0 spiro atoms. The van der Waals surface area contributed by atoms with E-state index in [2.05, 4.69) is 41.5 Å². The monoisotopic (exact) mass is 550 g/mol. The van der Waals surface area contributed by atoms with E-state index in [4.69, 9.17) is 4.74 Å². The van der Waals surface area contributed by atoms with Crippen LogP contribution in [0.15, 0.2) is 30.3 Å². The van der Waals surface area contributed by atoms with E-state index >= 15 is 0 Å². The second kappa shape index (κ2) is 11.2. The lowest BCUT2D eigenvalue weighted by atomic mass is 9.42. The van der Waals surface area contributed by atoms with Crippen molar-refractivity contribution in [3.05, 3.63) is 35.9 Å². The van der Waals surface area contributed by atoms with Gasteiger partial charge >= 0.3 is 5.97 Å². The number of aliphatic hydroxyl groups is 1. The largest absolute Gasteiger partial charge is 0.459 e. The summed E-state index contributed by atoms with van der Waals surface area (Å²) >= 11 is 0. The first-order chi connectivity index (χ1) is 18.9. The van der Waals surface area contributed by atoms with E-state index in [-0.39, 0.29) is 18.2 Å². The van der Waals surface area contributed by atoms with Crippen LogP contribution >= 0.6 is 0 Å². The molecule has 4 nitrogen and oxygen atoms in total. The molecule has 1 aromatic carbocycles. The van der Waals surface area contributed by atoms with Crippen molar-refractivity contribution < 1.29 is 19.4 Å². The van der Waals surface area contributed by atoms with Gasteiger partial charge in [-0.15, -0.1) is 0 Å². The molecule has 4 heteroatoms. The maximum atomic E-state index is 13.9. The first kappa shape index (κ1) is 29.8. The molecule has 40 heavy (non-hydrogen) atoms. The van der Waals surface area contributed by atoms with E-state index < -0.39 is 17.1 Å². The first-order valence-electron chi connectivity index (χ1n) is 16.5. The molecule has 10 atom stereocenters. The summed E-state index contributed by atoms with van der Waals surface area (Å²) in [5.41, 5.74) is -1.03. The first-order valence-corrected chi connectivity index (χ1v) is 16.5. The highest BCUT2D eigenvalue weighted by atomic mass is 16.5. The number of rotatable bonds is 8. The number of hydrogen-bond acceptors (Lipinski definition) is 4. The van der Waals surface area contributed by atoms with E-state index in [1.165, 1.54) is 38.5 Å². The zero-order valence-corrected chi connectivity index (χ0v) is 26.0. The van der Waals surface area contributed by atoms with Crippen LogP contribution in [0, 0.1) is 52.3 Å². The molecule has 0 radical (unpaired) electrons. The molecule has 0 heterocycles. The van der Waals surface area contributed by atoms with Crippen molar-refractivity contribution in [3.8, 4) is 0 Å². The van der Waals surface area contributed by atoms with Gasteiger partial charge in [0.2, 0.25) is 0 Å². The summed E-state index contributed by atoms with van der Waals surface area (Å²) in [5.74, 6) is 3.97. The van der Waals surface area contributed by atoms with Crippen molar-refractivity contribution in [1.82, 2.24) is 0 Å². The van der Waals surface area contributed by atoms with Gasteiger partial charge < -0.3 is 9.84 Å². The molecule has 4 aliphatic carbocycles.